The summed E-state index contributed by atoms with van der Waals surface area (Å²) in [7, 11) is 1.83. The van der Waals surface area contributed by atoms with E-state index >= 15 is 0 Å². The number of hydrogen-bond acceptors (Lipinski definition) is 4. The Bertz CT molecular complexity index is 310. The molecule has 2 N–H and O–H groups in total. The number of aromatic amines is 1. The minimum Gasteiger partial charge on any atom is -0.314 e. The molecule has 0 aliphatic rings. The molecule has 0 amide bonds. The van der Waals surface area contributed by atoms with Crippen LogP contribution in [-0.4, -0.2) is 23.3 Å². The molecule has 0 unspecified atom stereocenters. The lowest BCUT2D eigenvalue weighted by atomic mass is 10.4. The molecule has 1 rings (SSSR count). The van der Waals surface area contributed by atoms with Gasteiger partial charge in [-0.1, -0.05) is 0 Å². The van der Waals surface area contributed by atoms with Gasteiger partial charge in [0.15, 0.2) is 0 Å². The molecule has 0 spiro atoms. The Hall–Kier alpha value is -0.810. The molecule has 0 atom stereocenters. The molecule has 0 fully saturated rings. The minimum atomic E-state index is -0.285. The fourth-order valence-electron chi connectivity index (χ4n) is 0.873. The normalized spacial score (nSPS) is 10.2. The van der Waals surface area contributed by atoms with Crippen LogP contribution >= 0.6 is 11.8 Å². The molecule has 0 saturated heterocycles. The molecule has 0 saturated carbocycles. The predicted molar refractivity (Wildman–Crippen MR) is 49.4 cm³/mol. The number of hydrogen-bond donors (Lipinski definition) is 2. The number of aromatic nitrogens is 2. The van der Waals surface area contributed by atoms with Crippen molar-refractivity contribution in [2.75, 3.05) is 13.3 Å². The third kappa shape index (κ3) is 2.35. The number of H-pyrrole nitrogens is 1. The zero-order valence-corrected chi connectivity index (χ0v) is 7.86. The highest BCUT2D eigenvalue weighted by molar-refractivity contribution is 7.98. The molecule has 0 aliphatic heterocycles. The van der Waals surface area contributed by atoms with Crippen molar-refractivity contribution in [1.82, 2.24) is 15.3 Å². The molecule has 5 heteroatoms. The van der Waals surface area contributed by atoms with Crippen LogP contribution in [0.2, 0.25) is 0 Å². The van der Waals surface area contributed by atoms with Gasteiger partial charge in [-0.05, 0) is 19.4 Å². The highest BCUT2D eigenvalue weighted by atomic mass is 32.2. The van der Waals surface area contributed by atoms with Crippen molar-refractivity contribution < 1.29 is 0 Å². The van der Waals surface area contributed by atoms with E-state index in [1.807, 2.05) is 19.4 Å². The van der Waals surface area contributed by atoms with Gasteiger partial charge in [-0.2, -0.15) is 4.98 Å². The van der Waals surface area contributed by atoms with Gasteiger partial charge < -0.3 is 10.3 Å². The largest absolute Gasteiger partial charge is 0.346 e. The highest BCUT2D eigenvalue weighted by Gasteiger charge is 1.97. The third-order valence-electron chi connectivity index (χ3n) is 1.35. The zero-order chi connectivity index (χ0) is 8.97. The summed E-state index contributed by atoms with van der Waals surface area (Å²) < 4.78 is 0. The van der Waals surface area contributed by atoms with Gasteiger partial charge in [0.2, 0.25) is 0 Å². The maximum atomic E-state index is 10.9. The van der Waals surface area contributed by atoms with Gasteiger partial charge in [0.1, 0.15) is 5.03 Å². The lowest BCUT2D eigenvalue weighted by Crippen LogP contribution is -2.16. The first-order valence-corrected chi connectivity index (χ1v) is 4.77. The maximum absolute atomic E-state index is 10.9. The Morgan fingerprint density at radius 3 is 3.08 bits per heavy atom. The molecule has 0 aromatic carbocycles. The molecule has 1 aromatic heterocycles. The van der Waals surface area contributed by atoms with Crippen molar-refractivity contribution in [3.8, 4) is 0 Å². The molecule has 0 bridgehead atoms. The summed E-state index contributed by atoms with van der Waals surface area (Å²) in [5.41, 5.74) is 0.578. The van der Waals surface area contributed by atoms with Gasteiger partial charge in [-0.15, -0.1) is 11.8 Å². The van der Waals surface area contributed by atoms with Crippen LogP contribution in [0.4, 0.5) is 0 Å². The Morgan fingerprint density at radius 1 is 1.75 bits per heavy atom. The average molecular weight is 185 g/mol. The van der Waals surface area contributed by atoms with Gasteiger partial charge in [0, 0.05) is 12.2 Å². The number of nitrogens with zero attached hydrogens (tertiary/aromatic N) is 1. The SMILES string of the molecule is CNCc1cc(SC)nc(=O)[nH]1. The second-order valence-electron chi connectivity index (χ2n) is 2.28. The minimum absolute atomic E-state index is 0.285. The van der Waals surface area contributed by atoms with Crippen LogP contribution < -0.4 is 11.0 Å². The lowest BCUT2D eigenvalue weighted by Gasteiger charge is -2.00. The first-order chi connectivity index (χ1) is 5.76. The van der Waals surface area contributed by atoms with Gasteiger partial charge in [0.05, 0.1) is 0 Å². The summed E-state index contributed by atoms with van der Waals surface area (Å²) in [6, 6.07) is 1.86. The molecule has 66 valence electrons. The van der Waals surface area contributed by atoms with Gasteiger partial charge >= 0.3 is 5.69 Å². The van der Waals surface area contributed by atoms with E-state index in [-0.39, 0.29) is 5.69 Å². The molecular formula is C7H11N3OS. The number of thioether (sulfide) groups is 1. The van der Waals surface area contributed by atoms with E-state index in [9.17, 15) is 4.79 Å². The summed E-state index contributed by atoms with van der Waals surface area (Å²) in [6.07, 6.45) is 1.89. The third-order valence-corrected chi connectivity index (χ3v) is 1.98. The summed E-state index contributed by atoms with van der Waals surface area (Å²) in [4.78, 5) is 17.3. The van der Waals surface area contributed by atoms with Gasteiger partial charge in [-0.25, -0.2) is 4.79 Å². The second-order valence-corrected chi connectivity index (χ2v) is 3.11. The topological polar surface area (TPSA) is 57.8 Å². The summed E-state index contributed by atoms with van der Waals surface area (Å²) in [5.74, 6) is 0. The van der Waals surface area contributed by atoms with E-state index in [2.05, 4.69) is 15.3 Å². The molecule has 4 nitrogen and oxygen atoms in total. The first kappa shape index (κ1) is 9.28. The maximum Gasteiger partial charge on any atom is 0.346 e. The van der Waals surface area contributed by atoms with Crippen LogP contribution in [0.1, 0.15) is 5.69 Å². The van der Waals surface area contributed by atoms with Crippen molar-refractivity contribution in [1.29, 1.82) is 0 Å². The molecule has 0 aliphatic carbocycles. The average Bonchev–Trinajstić information content (AvgIpc) is 2.04. The first-order valence-electron chi connectivity index (χ1n) is 3.55. The van der Waals surface area contributed by atoms with E-state index in [1.165, 1.54) is 11.8 Å². The number of rotatable bonds is 3. The van der Waals surface area contributed by atoms with E-state index in [0.717, 1.165) is 10.7 Å². The summed E-state index contributed by atoms with van der Waals surface area (Å²) in [5, 5.41) is 3.71. The van der Waals surface area contributed by atoms with Gasteiger partial charge in [-0.3, -0.25) is 0 Å². The molecule has 0 radical (unpaired) electrons. The van der Waals surface area contributed by atoms with Crippen LogP contribution in [0.5, 0.6) is 0 Å². The molecule has 12 heavy (non-hydrogen) atoms. The van der Waals surface area contributed by atoms with Crippen molar-refractivity contribution in [2.24, 2.45) is 0 Å². The van der Waals surface area contributed by atoms with Crippen molar-refractivity contribution in [2.45, 2.75) is 11.6 Å². The van der Waals surface area contributed by atoms with E-state index in [1.54, 1.807) is 0 Å². The van der Waals surface area contributed by atoms with Crippen molar-refractivity contribution in [3.63, 3.8) is 0 Å². The van der Waals surface area contributed by atoms with Crippen LogP contribution in [-0.2, 0) is 6.54 Å². The summed E-state index contributed by atoms with van der Waals surface area (Å²) in [6.45, 7) is 0.658. The Labute approximate surface area is 74.8 Å². The zero-order valence-electron chi connectivity index (χ0n) is 7.05. The highest BCUT2D eigenvalue weighted by Crippen LogP contribution is 2.08. The van der Waals surface area contributed by atoms with Gasteiger partial charge in [0.25, 0.3) is 0 Å². The fraction of sp³-hybridized carbons (Fsp3) is 0.429. The Kier molecular flexibility index (Phi) is 3.31. The predicted octanol–water partition coefficient (Wildman–Crippen LogP) is 0.211. The Morgan fingerprint density at radius 2 is 2.50 bits per heavy atom. The number of nitrogens with one attached hydrogen (secondary N) is 2. The Balaban J connectivity index is 2.98. The monoisotopic (exact) mass is 185 g/mol. The lowest BCUT2D eigenvalue weighted by molar-refractivity contribution is 0.767. The second kappa shape index (κ2) is 4.27. The smallest absolute Gasteiger partial charge is 0.314 e. The summed E-state index contributed by atoms with van der Waals surface area (Å²) >= 11 is 1.46. The quantitative estimate of drug-likeness (QED) is 0.522. The molecular weight excluding hydrogens is 174 g/mol. The van der Waals surface area contributed by atoms with E-state index in [0.29, 0.717) is 6.54 Å². The van der Waals surface area contributed by atoms with Crippen LogP contribution in [0.15, 0.2) is 15.9 Å². The molecule has 1 aromatic rings. The van der Waals surface area contributed by atoms with Crippen LogP contribution in [0.3, 0.4) is 0 Å². The van der Waals surface area contributed by atoms with Crippen LogP contribution in [0, 0.1) is 0 Å². The van der Waals surface area contributed by atoms with Crippen molar-refractivity contribution >= 4 is 11.8 Å². The van der Waals surface area contributed by atoms with Crippen molar-refractivity contribution in [3.05, 3.63) is 22.2 Å². The fourth-order valence-corrected chi connectivity index (χ4v) is 1.31. The standard InChI is InChI=1S/C7H11N3OS/c1-8-4-5-3-6(12-2)10-7(11)9-5/h3,8H,4H2,1-2H3,(H,9,10,11). The van der Waals surface area contributed by atoms with E-state index in [4.69, 9.17) is 0 Å². The molecule has 1 heterocycles. The van der Waals surface area contributed by atoms with E-state index < -0.39 is 0 Å². The van der Waals surface area contributed by atoms with Crippen LogP contribution in [0.25, 0.3) is 0 Å².